The van der Waals surface area contributed by atoms with E-state index in [1.807, 2.05) is 4.90 Å². The summed E-state index contributed by atoms with van der Waals surface area (Å²) in [6.45, 7) is 1.52. The molecule has 4 nitrogen and oxygen atoms in total. The number of nitrogens with zero attached hydrogens (tertiary/aromatic N) is 2. The van der Waals surface area contributed by atoms with Crippen LogP contribution in [0.5, 0.6) is 5.75 Å². The zero-order valence-corrected chi connectivity index (χ0v) is 11.0. The Hall–Kier alpha value is -1.55. The molecule has 0 saturated carbocycles. The SMILES string of the molecule is CN(C)C1CCN(C(=O)c2ccccc2O)CC1. The zero-order chi connectivity index (χ0) is 13.1. The Kier molecular flexibility index (Phi) is 3.87. The third-order valence-corrected chi connectivity index (χ3v) is 3.62. The van der Waals surface area contributed by atoms with E-state index in [4.69, 9.17) is 0 Å². The van der Waals surface area contributed by atoms with Crippen molar-refractivity contribution in [3.05, 3.63) is 29.8 Å². The van der Waals surface area contributed by atoms with Crippen LogP contribution < -0.4 is 0 Å². The van der Waals surface area contributed by atoms with Crippen molar-refractivity contribution >= 4 is 5.91 Å². The molecule has 0 radical (unpaired) electrons. The lowest BCUT2D eigenvalue weighted by Gasteiger charge is -2.35. The molecule has 1 aromatic rings. The summed E-state index contributed by atoms with van der Waals surface area (Å²) < 4.78 is 0. The number of hydrogen-bond acceptors (Lipinski definition) is 3. The minimum atomic E-state index is -0.0645. The maximum absolute atomic E-state index is 12.2. The molecule has 1 fully saturated rings. The van der Waals surface area contributed by atoms with E-state index in [2.05, 4.69) is 19.0 Å². The molecule has 1 heterocycles. The molecule has 1 N–H and O–H groups in total. The lowest BCUT2D eigenvalue weighted by atomic mass is 10.0. The predicted molar refractivity (Wildman–Crippen MR) is 70.7 cm³/mol. The molecule has 0 atom stereocenters. The Bertz CT molecular complexity index is 424. The lowest BCUT2D eigenvalue weighted by Crippen LogP contribution is -2.44. The quantitative estimate of drug-likeness (QED) is 0.863. The molecule has 1 aliphatic rings. The number of para-hydroxylation sites is 1. The van der Waals surface area contributed by atoms with Crippen molar-refractivity contribution < 1.29 is 9.90 Å². The maximum atomic E-state index is 12.2. The average Bonchev–Trinajstić information content (AvgIpc) is 2.38. The summed E-state index contributed by atoms with van der Waals surface area (Å²) >= 11 is 0. The summed E-state index contributed by atoms with van der Waals surface area (Å²) in [4.78, 5) is 16.3. The first-order chi connectivity index (χ1) is 8.59. The number of carbonyl (C=O) groups is 1. The molecule has 0 aromatic heterocycles. The zero-order valence-electron chi connectivity index (χ0n) is 11.0. The maximum Gasteiger partial charge on any atom is 0.257 e. The fourth-order valence-corrected chi connectivity index (χ4v) is 2.41. The number of rotatable bonds is 2. The van der Waals surface area contributed by atoms with E-state index in [1.54, 1.807) is 24.3 Å². The minimum absolute atomic E-state index is 0.0645. The van der Waals surface area contributed by atoms with Gasteiger partial charge in [0.1, 0.15) is 5.75 Å². The van der Waals surface area contributed by atoms with Crippen LogP contribution in [0.3, 0.4) is 0 Å². The average molecular weight is 248 g/mol. The molecule has 1 amide bonds. The van der Waals surface area contributed by atoms with Crippen LogP contribution in [0.15, 0.2) is 24.3 Å². The van der Waals surface area contributed by atoms with E-state index in [-0.39, 0.29) is 11.7 Å². The number of aromatic hydroxyl groups is 1. The fourth-order valence-electron chi connectivity index (χ4n) is 2.41. The van der Waals surface area contributed by atoms with Gasteiger partial charge in [0.25, 0.3) is 5.91 Å². The number of carbonyl (C=O) groups excluding carboxylic acids is 1. The Morgan fingerprint density at radius 3 is 2.44 bits per heavy atom. The van der Waals surface area contributed by atoms with E-state index in [0.29, 0.717) is 11.6 Å². The van der Waals surface area contributed by atoms with Crippen LogP contribution in [0.25, 0.3) is 0 Å². The Labute approximate surface area is 108 Å². The summed E-state index contributed by atoms with van der Waals surface area (Å²) in [5.41, 5.74) is 0.404. The number of phenolic OH excluding ortho intramolecular Hbond substituents is 1. The first-order valence-electron chi connectivity index (χ1n) is 6.33. The molecule has 1 aromatic carbocycles. The molecule has 0 unspecified atom stereocenters. The van der Waals surface area contributed by atoms with Gasteiger partial charge in [-0.05, 0) is 39.1 Å². The van der Waals surface area contributed by atoms with Gasteiger partial charge >= 0.3 is 0 Å². The number of benzene rings is 1. The monoisotopic (exact) mass is 248 g/mol. The van der Waals surface area contributed by atoms with Gasteiger partial charge in [0, 0.05) is 19.1 Å². The van der Waals surface area contributed by atoms with E-state index in [0.717, 1.165) is 25.9 Å². The highest BCUT2D eigenvalue weighted by Crippen LogP contribution is 2.21. The summed E-state index contributed by atoms with van der Waals surface area (Å²) in [6.07, 6.45) is 1.98. The molecule has 1 aliphatic heterocycles. The molecule has 98 valence electrons. The van der Waals surface area contributed by atoms with Crippen molar-refractivity contribution in [1.29, 1.82) is 0 Å². The molecule has 0 spiro atoms. The third-order valence-electron chi connectivity index (χ3n) is 3.62. The van der Waals surface area contributed by atoms with Gasteiger partial charge in [-0.2, -0.15) is 0 Å². The van der Waals surface area contributed by atoms with Crippen LogP contribution >= 0.6 is 0 Å². The minimum Gasteiger partial charge on any atom is -0.507 e. The van der Waals surface area contributed by atoms with Crippen molar-refractivity contribution in [3.63, 3.8) is 0 Å². The first kappa shape index (κ1) is 12.9. The fraction of sp³-hybridized carbons (Fsp3) is 0.500. The number of piperidine rings is 1. The highest BCUT2D eigenvalue weighted by atomic mass is 16.3. The van der Waals surface area contributed by atoms with Crippen LogP contribution in [0.1, 0.15) is 23.2 Å². The highest BCUT2D eigenvalue weighted by molar-refractivity contribution is 5.96. The molecule has 18 heavy (non-hydrogen) atoms. The van der Waals surface area contributed by atoms with Gasteiger partial charge in [0.2, 0.25) is 0 Å². The topological polar surface area (TPSA) is 43.8 Å². The number of likely N-dealkylation sites (tertiary alicyclic amines) is 1. The van der Waals surface area contributed by atoms with Crippen molar-refractivity contribution in [2.75, 3.05) is 27.2 Å². The van der Waals surface area contributed by atoms with Crippen LogP contribution in [-0.2, 0) is 0 Å². The van der Waals surface area contributed by atoms with Crippen LogP contribution in [-0.4, -0.2) is 54.0 Å². The second kappa shape index (κ2) is 5.40. The normalized spacial score (nSPS) is 17.2. The van der Waals surface area contributed by atoms with E-state index < -0.39 is 0 Å². The van der Waals surface area contributed by atoms with Crippen molar-refractivity contribution in [2.45, 2.75) is 18.9 Å². The summed E-state index contributed by atoms with van der Waals surface area (Å²) in [5, 5.41) is 9.70. The van der Waals surface area contributed by atoms with Gasteiger partial charge in [-0.1, -0.05) is 12.1 Å². The second-order valence-electron chi connectivity index (χ2n) is 5.00. The smallest absolute Gasteiger partial charge is 0.257 e. The van der Waals surface area contributed by atoms with Gasteiger partial charge in [0.05, 0.1) is 5.56 Å². The van der Waals surface area contributed by atoms with Gasteiger partial charge in [-0.3, -0.25) is 4.79 Å². The summed E-state index contributed by atoms with van der Waals surface area (Å²) in [5.74, 6) is 0.00235. The molecular formula is C14H20N2O2. The van der Waals surface area contributed by atoms with E-state index >= 15 is 0 Å². The van der Waals surface area contributed by atoms with Crippen molar-refractivity contribution in [1.82, 2.24) is 9.80 Å². The van der Waals surface area contributed by atoms with Crippen LogP contribution in [0.4, 0.5) is 0 Å². The van der Waals surface area contributed by atoms with Gasteiger partial charge in [-0.15, -0.1) is 0 Å². The van der Waals surface area contributed by atoms with Crippen molar-refractivity contribution in [3.8, 4) is 5.75 Å². The van der Waals surface area contributed by atoms with Gasteiger partial charge < -0.3 is 14.9 Å². The van der Waals surface area contributed by atoms with E-state index in [9.17, 15) is 9.90 Å². The lowest BCUT2D eigenvalue weighted by molar-refractivity contribution is 0.0660. The summed E-state index contributed by atoms with van der Waals surface area (Å²) in [6, 6.07) is 7.29. The predicted octanol–water partition coefficient (Wildman–Crippen LogP) is 1.56. The highest BCUT2D eigenvalue weighted by Gasteiger charge is 2.25. The molecule has 0 aliphatic carbocycles. The van der Waals surface area contributed by atoms with Crippen molar-refractivity contribution in [2.24, 2.45) is 0 Å². The molecule has 1 saturated heterocycles. The third kappa shape index (κ3) is 2.64. The van der Waals surface area contributed by atoms with Gasteiger partial charge in [-0.25, -0.2) is 0 Å². The largest absolute Gasteiger partial charge is 0.507 e. The van der Waals surface area contributed by atoms with Crippen LogP contribution in [0.2, 0.25) is 0 Å². The second-order valence-corrected chi connectivity index (χ2v) is 5.00. The summed E-state index contributed by atoms with van der Waals surface area (Å²) in [7, 11) is 4.15. The Balaban J connectivity index is 2.02. The van der Waals surface area contributed by atoms with E-state index in [1.165, 1.54) is 0 Å². The molecule has 0 bridgehead atoms. The molecule has 2 rings (SSSR count). The molecule has 4 heteroatoms. The van der Waals surface area contributed by atoms with Gasteiger partial charge in [0.15, 0.2) is 0 Å². The van der Waals surface area contributed by atoms with Crippen LogP contribution in [0, 0.1) is 0 Å². The molecular weight excluding hydrogens is 228 g/mol. The Morgan fingerprint density at radius 1 is 1.28 bits per heavy atom. The standard InChI is InChI=1S/C14H20N2O2/c1-15(2)11-7-9-16(10-8-11)14(18)12-5-3-4-6-13(12)17/h3-6,11,17H,7-10H2,1-2H3. The Morgan fingerprint density at radius 2 is 1.89 bits per heavy atom. The number of hydrogen-bond donors (Lipinski definition) is 1. The first-order valence-corrected chi connectivity index (χ1v) is 6.33. The number of phenols is 1. The number of amides is 1.